The molecule has 1 heterocycles. The number of aliphatic carboxylic acids is 1. The van der Waals surface area contributed by atoms with Gasteiger partial charge in [-0.15, -0.1) is 0 Å². The van der Waals surface area contributed by atoms with Gasteiger partial charge >= 0.3 is 5.97 Å². The maximum Gasteiger partial charge on any atom is 0.307 e. The number of likely N-dealkylation sites (tertiary alicyclic amines) is 1. The fourth-order valence-corrected chi connectivity index (χ4v) is 2.53. The number of piperidine rings is 1. The van der Waals surface area contributed by atoms with Gasteiger partial charge in [0.25, 0.3) is 0 Å². The van der Waals surface area contributed by atoms with Crippen LogP contribution in [0.15, 0.2) is 18.2 Å². The average Bonchev–Trinajstić information content (AvgIpc) is 2.43. The topological polar surface area (TPSA) is 69.6 Å². The Morgan fingerprint density at radius 2 is 2.24 bits per heavy atom. The van der Waals surface area contributed by atoms with E-state index < -0.39 is 17.7 Å². The van der Waals surface area contributed by atoms with Gasteiger partial charge in [0.1, 0.15) is 5.82 Å². The fourth-order valence-electron chi connectivity index (χ4n) is 2.53. The molecule has 21 heavy (non-hydrogen) atoms. The highest BCUT2D eigenvalue weighted by molar-refractivity contribution is 5.92. The molecule has 1 amide bonds. The van der Waals surface area contributed by atoms with Gasteiger partial charge in [0.2, 0.25) is 5.91 Å². The summed E-state index contributed by atoms with van der Waals surface area (Å²) < 4.78 is 13.6. The average molecular weight is 294 g/mol. The first-order valence-electron chi connectivity index (χ1n) is 6.97. The molecule has 114 valence electrons. The highest BCUT2D eigenvalue weighted by atomic mass is 19.1. The monoisotopic (exact) mass is 294 g/mol. The van der Waals surface area contributed by atoms with Crippen molar-refractivity contribution in [2.75, 3.05) is 25.0 Å². The second-order valence-electron chi connectivity index (χ2n) is 5.44. The molecule has 1 aliphatic rings. The van der Waals surface area contributed by atoms with Crippen molar-refractivity contribution < 1.29 is 19.1 Å². The SMILES string of the molecule is Cc1ccc(F)c(NC(=O)CN2CCC[C@H](C(=O)O)C2)c1. The molecule has 0 spiro atoms. The molecule has 0 bridgehead atoms. The predicted octanol–water partition coefficient (Wildman–Crippen LogP) is 1.87. The van der Waals surface area contributed by atoms with Gasteiger partial charge in [-0.05, 0) is 44.0 Å². The summed E-state index contributed by atoms with van der Waals surface area (Å²) in [5, 5.41) is 11.6. The smallest absolute Gasteiger partial charge is 0.307 e. The third-order valence-corrected chi connectivity index (χ3v) is 3.62. The molecule has 0 aromatic heterocycles. The molecule has 1 fully saturated rings. The number of amides is 1. The van der Waals surface area contributed by atoms with E-state index in [1.165, 1.54) is 6.07 Å². The molecular formula is C15H19FN2O3. The normalized spacial score (nSPS) is 19.2. The highest BCUT2D eigenvalue weighted by Crippen LogP contribution is 2.18. The van der Waals surface area contributed by atoms with Crippen molar-refractivity contribution in [3.05, 3.63) is 29.6 Å². The van der Waals surface area contributed by atoms with Crippen LogP contribution >= 0.6 is 0 Å². The van der Waals surface area contributed by atoms with Gasteiger partial charge in [-0.25, -0.2) is 4.39 Å². The zero-order valence-electron chi connectivity index (χ0n) is 11.9. The lowest BCUT2D eigenvalue weighted by atomic mass is 9.98. The van der Waals surface area contributed by atoms with Gasteiger partial charge in [-0.2, -0.15) is 0 Å². The molecule has 1 aliphatic heterocycles. The highest BCUT2D eigenvalue weighted by Gasteiger charge is 2.26. The molecule has 1 saturated heterocycles. The molecular weight excluding hydrogens is 275 g/mol. The van der Waals surface area contributed by atoms with E-state index >= 15 is 0 Å². The molecule has 0 unspecified atom stereocenters. The third kappa shape index (κ3) is 4.26. The zero-order valence-corrected chi connectivity index (χ0v) is 11.9. The van der Waals surface area contributed by atoms with E-state index in [2.05, 4.69) is 5.32 Å². The summed E-state index contributed by atoms with van der Waals surface area (Å²) in [5.41, 5.74) is 1.02. The molecule has 6 heteroatoms. The number of carboxylic acids is 1. The number of aryl methyl sites for hydroxylation is 1. The molecule has 2 rings (SSSR count). The Balaban J connectivity index is 1.92. The fraction of sp³-hybridized carbons (Fsp3) is 0.467. The molecule has 2 N–H and O–H groups in total. The minimum atomic E-state index is -0.829. The van der Waals surface area contributed by atoms with Crippen molar-refractivity contribution in [2.45, 2.75) is 19.8 Å². The Morgan fingerprint density at radius 3 is 2.95 bits per heavy atom. The van der Waals surface area contributed by atoms with Crippen LogP contribution in [0.4, 0.5) is 10.1 Å². The van der Waals surface area contributed by atoms with Crippen molar-refractivity contribution in [1.82, 2.24) is 4.90 Å². The number of nitrogens with one attached hydrogen (secondary N) is 1. The number of carboxylic acid groups (broad SMARTS) is 1. The molecule has 0 radical (unpaired) electrons. The number of carbonyl (C=O) groups is 2. The van der Waals surface area contributed by atoms with Crippen molar-refractivity contribution in [3.8, 4) is 0 Å². The number of hydrogen-bond acceptors (Lipinski definition) is 3. The van der Waals surface area contributed by atoms with Crippen molar-refractivity contribution in [2.24, 2.45) is 5.92 Å². The summed E-state index contributed by atoms with van der Waals surface area (Å²) in [6, 6.07) is 4.52. The van der Waals surface area contributed by atoms with E-state index in [4.69, 9.17) is 5.11 Å². The van der Waals surface area contributed by atoms with Crippen LogP contribution in [0.25, 0.3) is 0 Å². The summed E-state index contributed by atoms with van der Waals surface area (Å²) in [5.74, 6) is -2.06. The van der Waals surface area contributed by atoms with Crippen molar-refractivity contribution in [1.29, 1.82) is 0 Å². The predicted molar refractivity (Wildman–Crippen MR) is 76.6 cm³/mol. The number of nitrogens with zero attached hydrogens (tertiary/aromatic N) is 1. The molecule has 5 nitrogen and oxygen atoms in total. The second kappa shape index (κ2) is 6.67. The summed E-state index contributed by atoms with van der Waals surface area (Å²) in [6.45, 7) is 2.95. The molecule has 0 saturated carbocycles. The molecule has 1 atom stereocenters. The van der Waals surface area contributed by atoms with E-state index in [0.717, 1.165) is 12.0 Å². The Hall–Kier alpha value is -1.95. The third-order valence-electron chi connectivity index (χ3n) is 3.62. The van der Waals surface area contributed by atoms with Gasteiger partial charge < -0.3 is 10.4 Å². The van der Waals surface area contributed by atoms with Crippen molar-refractivity contribution >= 4 is 17.6 Å². The van der Waals surface area contributed by atoms with Gasteiger partial charge in [-0.1, -0.05) is 6.07 Å². The Morgan fingerprint density at radius 1 is 1.48 bits per heavy atom. The first-order valence-corrected chi connectivity index (χ1v) is 6.97. The number of halogens is 1. The minimum Gasteiger partial charge on any atom is -0.481 e. The van der Waals surface area contributed by atoms with E-state index in [9.17, 15) is 14.0 Å². The number of rotatable bonds is 4. The van der Waals surface area contributed by atoms with Crippen LogP contribution in [0.5, 0.6) is 0 Å². The van der Waals surface area contributed by atoms with Crippen molar-refractivity contribution in [3.63, 3.8) is 0 Å². The van der Waals surface area contributed by atoms with E-state index in [0.29, 0.717) is 19.5 Å². The first-order chi connectivity index (χ1) is 9.95. The zero-order chi connectivity index (χ0) is 15.4. The van der Waals surface area contributed by atoms with Crippen LogP contribution in [0.2, 0.25) is 0 Å². The first kappa shape index (κ1) is 15.4. The molecule has 1 aromatic rings. The lowest BCUT2D eigenvalue weighted by Crippen LogP contribution is -2.42. The summed E-state index contributed by atoms with van der Waals surface area (Å²) >= 11 is 0. The summed E-state index contributed by atoms with van der Waals surface area (Å²) in [7, 11) is 0. The lowest BCUT2D eigenvalue weighted by Gasteiger charge is -2.29. The van der Waals surface area contributed by atoms with Gasteiger partial charge in [0, 0.05) is 6.54 Å². The van der Waals surface area contributed by atoms with Gasteiger partial charge in [0.05, 0.1) is 18.2 Å². The largest absolute Gasteiger partial charge is 0.481 e. The van der Waals surface area contributed by atoms with E-state index in [1.54, 1.807) is 17.0 Å². The minimum absolute atomic E-state index is 0.0805. The number of anilines is 1. The van der Waals surface area contributed by atoms with E-state index in [-0.39, 0.29) is 18.1 Å². The van der Waals surface area contributed by atoms with Crippen LogP contribution in [0.1, 0.15) is 18.4 Å². The number of carbonyl (C=O) groups excluding carboxylic acids is 1. The van der Waals surface area contributed by atoms with Gasteiger partial charge in [0.15, 0.2) is 0 Å². The van der Waals surface area contributed by atoms with Crippen LogP contribution < -0.4 is 5.32 Å². The van der Waals surface area contributed by atoms with Crippen LogP contribution in [0.3, 0.4) is 0 Å². The molecule has 0 aliphatic carbocycles. The maximum absolute atomic E-state index is 13.6. The second-order valence-corrected chi connectivity index (χ2v) is 5.44. The number of benzene rings is 1. The van der Waals surface area contributed by atoms with Crippen LogP contribution in [0, 0.1) is 18.7 Å². The Bertz CT molecular complexity index is 548. The van der Waals surface area contributed by atoms with Crippen LogP contribution in [-0.4, -0.2) is 41.5 Å². The van der Waals surface area contributed by atoms with Gasteiger partial charge in [-0.3, -0.25) is 14.5 Å². The maximum atomic E-state index is 13.6. The standard InChI is InChI=1S/C15H19FN2O3/c1-10-4-5-12(16)13(7-10)17-14(19)9-18-6-2-3-11(8-18)15(20)21/h4-5,7,11H,2-3,6,8-9H2,1H3,(H,17,19)(H,20,21)/t11-/m0/s1. The van der Waals surface area contributed by atoms with Crippen LogP contribution in [-0.2, 0) is 9.59 Å². The molecule has 1 aromatic carbocycles. The Kier molecular flexibility index (Phi) is 4.90. The quantitative estimate of drug-likeness (QED) is 0.889. The Labute approximate surface area is 122 Å². The number of hydrogen-bond donors (Lipinski definition) is 2. The van der Waals surface area contributed by atoms with E-state index in [1.807, 2.05) is 6.92 Å². The summed E-state index contributed by atoms with van der Waals surface area (Å²) in [4.78, 5) is 24.7. The summed E-state index contributed by atoms with van der Waals surface area (Å²) in [6.07, 6.45) is 1.39. The lowest BCUT2D eigenvalue weighted by molar-refractivity contribution is -0.144.